The van der Waals surface area contributed by atoms with E-state index in [0.717, 1.165) is 6.07 Å². The second kappa shape index (κ2) is 10.4. The molecule has 0 radical (unpaired) electrons. The molecule has 0 aliphatic carbocycles. The summed E-state index contributed by atoms with van der Waals surface area (Å²) in [6.07, 6.45) is 0. The molecule has 3 aromatic rings. The van der Waals surface area contributed by atoms with Crippen molar-refractivity contribution in [2.45, 2.75) is 9.79 Å². The van der Waals surface area contributed by atoms with Gasteiger partial charge in [-0.1, -0.05) is 29.5 Å². The molecule has 31 heavy (non-hydrogen) atoms. The SMILES string of the molecule is O=S(=O)(O)c1cc([O-])c2c([O-])c(N=Nc3ccccc3Cl)c(S(=O)(=O)O)cc2c1.[Na+].[Na+]. The van der Waals surface area contributed by atoms with Crippen LogP contribution in [0.3, 0.4) is 0 Å². The fourth-order valence-electron chi connectivity index (χ4n) is 2.48. The van der Waals surface area contributed by atoms with Gasteiger partial charge in [0.1, 0.15) is 10.6 Å². The van der Waals surface area contributed by atoms with Crippen LogP contribution >= 0.6 is 11.6 Å². The van der Waals surface area contributed by atoms with Gasteiger partial charge in [-0.15, -0.1) is 16.0 Å². The summed E-state index contributed by atoms with van der Waals surface area (Å²) < 4.78 is 64.6. The van der Waals surface area contributed by atoms with E-state index in [1.165, 1.54) is 12.1 Å². The summed E-state index contributed by atoms with van der Waals surface area (Å²) in [6, 6.07) is 7.93. The van der Waals surface area contributed by atoms with Crippen LogP contribution in [0.15, 0.2) is 62.5 Å². The third kappa shape index (κ3) is 6.18. The van der Waals surface area contributed by atoms with E-state index in [0.29, 0.717) is 12.1 Å². The van der Waals surface area contributed by atoms with E-state index in [1.54, 1.807) is 12.1 Å². The second-order valence-electron chi connectivity index (χ2n) is 5.67. The summed E-state index contributed by atoms with van der Waals surface area (Å²) in [5.74, 6) is -2.31. The Bertz CT molecular complexity index is 1400. The smallest absolute Gasteiger partial charge is 0.872 e. The van der Waals surface area contributed by atoms with Crippen molar-refractivity contribution in [1.29, 1.82) is 0 Å². The molecule has 0 saturated heterocycles. The third-order valence-electron chi connectivity index (χ3n) is 3.75. The first kappa shape index (κ1) is 28.3. The van der Waals surface area contributed by atoms with E-state index in [4.69, 9.17) is 16.2 Å². The number of benzene rings is 3. The molecule has 2 N–H and O–H groups in total. The summed E-state index contributed by atoms with van der Waals surface area (Å²) in [7, 11) is -9.83. The minimum absolute atomic E-state index is 0. The van der Waals surface area contributed by atoms with E-state index < -0.39 is 58.0 Å². The Morgan fingerprint density at radius 1 is 0.871 bits per heavy atom. The van der Waals surface area contributed by atoms with Gasteiger partial charge in [-0.25, -0.2) is 0 Å². The van der Waals surface area contributed by atoms with E-state index in [9.17, 15) is 31.6 Å². The minimum atomic E-state index is -5.02. The van der Waals surface area contributed by atoms with Crippen molar-refractivity contribution < 1.29 is 95.3 Å². The molecule has 3 rings (SSSR count). The van der Waals surface area contributed by atoms with E-state index in [-0.39, 0.29) is 69.8 Å². The molecule has 152 valence electrons. The molecule has 0 amide bonds. The van der Waals surface area contributed by atoms with Crippen molar-refractivity contribution >= 4 is 54.0 Å². The number of halogens is 1. The average molecular weight is 503 g/mol. The first-order chi connectivity index (χ1) is 13.4. The molecule has 0 aromatic heterocycles. The summed E-state index contributed by atoms with van der Waals surface area (Å²) in [4.78, 5) is -1.85. The van der Waals surface area contributed by atoms with Crippen LogP contribution in [0.1, 0.15) is 0 Å². The number of fused-ring (bicyclic) bond motifs is 1. The summed E-state index contributed by atoms with van der Waals surface area (Å²) >= 11 is 5.91. The fourth-order valence-corrected chi connectivity index (χ4v) is 3.84. The van der Waals surface area contributed by atoms with Crippen molar-refractivity contribution in [2.75, 3.05) is 0 Å². The van der Waals surface area contributed by atoms with Gasteiger partial charge < -0.3 is 10.2 Å². The molecule has 0 aliphatic rings. The maximum absolute atomic E-state index is 12.7. The van der Waals surface area contributed by atoms with Crippen molar-refractivity contribution in [3.8, 4) is 11.5 Å². The fraction of sp³-hybridized carbons (Fsp3) is 0. The molecule has 0 unspecified atom stereocenters. The summed E-state index contributed by atoms with van der Waals surface area (Å²) in [5, 5.41) is 31.3. The van der Waals surface area contributed by atoms with Crippen molar-refractivity contribution in [3.05, 3.63) is 47.5 Å². The number of azo groups is 1. The first-order valence-electron chi connectivity index (χ1n) is 7.49. The van der Waals surface area contributed by atoms with Gasteiger partial charge in [-0.2, -0.15) is 16.8 Å². The molecule has 15 heteroatoms. The topological polar surface area (TPSA) is 180 Å². The van der Waals surface area contributed by atoms with Gasteiger partial charge in [0.15, 0.2) is 0 Å². The van der Waals surface area contributed by atoms with Crippen LogP contribution < -0.4 is 69.3 Å². The first-order valence-corrected chi connectivity index (χ1v) is 10.8. The molecular weight excluding hydrogens is 494 g/mol. The molecule has 0 spiro atoms. The van der Waals surface area contributed by atoms with Gasteiger partial charge in [0.2, 0.25) is 0 Å². The van der Waals surface area contributed by atoms with Crippen LogP contribution in [0.25, 0.3) is 10.8 Å². The predicted octanol–water partition coefficient (Wildman–Crippen LogP) is -3.44. The normalized spacial score (nSPS) is 11.8. The minimum Gasteiger partial charge on any atom is -0.872 e. The Kier molecular flexibility index (Phi) is 9.52. The van der Waals surface area contributed by atoms with E-state index >= 15 is 0 Å². The zero-order valence-corrected chi connectivity index (χ0v) is 22.4. The zero-order chi connectivity index (χ0) is 21.6. The average Bonchev–Trinajstić information content (AvgIpc) is 2.60. The quantitative estimate of drug-likeness (QED) is 0.210. The van der Waals surface area contributed by atoms with Crippen molar-refractivity contribution in [3.63, 3.8) is 0 Å². The predicted molar refractivity (Wildman–Crippen MR) is 98.1 cm³/mol. The number of rotatable bonds is 4. The van der Waals surface area contributed by atoms with Gasteiger partial charge in [-0.3, -0.25) is 9.11 Å². The standard InChI is InChI=1S/C16H11ClN2O8S2.2Na/c17-10-3-1-2-4-11(10)18-19-15-13(29(25,26)27)6-8-5-9(28(22,23)24)7-12(20)14(8)16(15)21;;/h1-7,20-21H,(H,22,23,24)(H,25,26,27);;/q;2*+1/p-2. The molecule has 3 aromatic carbocycles. The van der Waals surface area contributed by atoms with E-state index in [1.807, 2.05) is 0 Å². The number of hydrogen-bond donors (Lipinski definition) is 2. The third-order valence-corrected chi connectivity index (χ3v) is 5.77. The molecular formula is C16H9ClN2Na2O8S2. The Hall–Kier alpha value is -0.770. The van der Waals surface area contributed by atoms with Crippen LogP contribution in [0.5, 0.6) is 11.5 Å². The van der Waals surface area contributed by atoms with Gasteiger partial charge in [0.05, 0.1) is 15.6 Å². The Labute approximate surface area is 226 Å². The maximum Gasteiger partial charge on any atom is 1.00 e. The zero-order valence-electron chi connectivity index (χ0n) is 16.0. The van der Waals surface area contributed by atoms with Crippen molar-refractivity contribution in [1.82, 2.24) is 0 Å². The maximum atomic E-state index is 12.7. The van der Waals surface area contributed by atoms with Gasteiger partial charge >= 0.3 is 59.1 Å². The Morgan fingerprint density at radius 2 is 1.48 bits per heavy atom. The second-order valence-corrected chi connectivity index (χ2v) is 8.89. The summed E-state index contributed by atoms with van der Waals surface area (Å²) in [6.45, 7) is 0. The monoisotopic (exact) mass is 502 g/mol. The van der Waals surface area contributed by atoms with Crippen LogP contribution in [0.4, 0.5) is 11.4 Å². The number of hydrogen-bond acceptors (Lipinski definition) is 8. The number of nitrogens with zero attached hydrogens (tertiary/aromatic N) is 2. The van der Waals surface area contributed by atoms with Gasteiger partial charge in [0.25, 0.3) is 20.2 Å². The summed E-state index contributed by atoms with van der Waals surface area (Å²) in [5.41, 5.74) is -0.782. The van der Waals surface area contributed by atoms with Gasteiger partial charge in [-0.05, 0) is 41.1 Å². The molecule has 0 heterocycles. The Morgan fingerprint density at radius 3 is 2.03 bits per heavy atom. The molecule has 0 bridgehead atoms. The van der Waals surface area contributed by atoms with E-state index in [2.05, 4.69) is 10.2 Å². The van der Waals surface area contributed by atoms with Crippen LogP contribution in [0, 0.1) is 0 Å². The van der Waals surface area contributed by atoms with Gasteiger partial charge in [0, 0.05) is 0 Å². The molecule has 0 aliphatic heterocycles. The van der Waals surface area contributed by atoms with Crippen molar-refractivity contribution in [2.24, 2.45) is 10.2 Å². The van der Waals surface area contributed by atoms with Crippen LogP contribution in [-0.4, -0.2) is 25.9 Å². The molecule has 0 atom stereocenters. The van der Waals surface area contributed by atoms with Crippen LogP contribution in [-0.2, 0) is 20.2 Å². The molecule has 0 fully saturated rings. The molecule has 10 nitrogen and oxygen atoms in total. The van der Waals surface area contributed by atoms with Crippen LogP contribution in [0.2, 0.25) is 5.02 Å². The Balaban J connectivity index is 0.00000240. The molecule has 0 saturated carbocycles. The largest absolute Gasteiger partial charge is 1.00 e.